The highest BCUT2D eigenvalue weighted by molar-refractivity contribution is 5.91. The van der Waals surface area contributed by atoms with E-state index in [1.807, 2.05) is 17.0 Å². The number of amides is 2. The molecule has 5 heteroatoms. The summed E-state index contributed by atoms with van der Waals surface area (Å²) in [6.07, 6.45) is 14.1. The minimum atomic E-state index is -0.531. The van der Waals surface area contributed by atoms with Gasteiger partial charge in [-0.25, -0.2) is 0 Å². The summed E-state index contributed by atoms with van der Waals surface area (Å²) in [4.78, 5) is 32.1. The predicted molar refractivity (Wildman–Crippen MR) is 98.8 cm³/mol. The number of piperidine rings is 1. The first-order valence-corrected chi connectivity index (χ1v) is 9.91. The highest BCUT2D eigenvalue weighted by atomic mass is 16.2. The fourth-order valence-corrected chi connectivity index (χ4v) is 4.88. The number of carbonyl (C=O) groups is 2. The number of nitrogens with zero attached hydrogens (tertiary/aromatic N) is 2. The molecule has 1 aromatic heterocycles. The van der Waals surface area contributed by atoms with Crippen molar-refractivity contribution in [3.63, 3.8) is 0 Å². The van der Waals surface area contributed by atoms with Gasteiger partial charge < -0.3 is 10.2 Å². The maximum atomic E-state index is 13.3. The molecule has 2 aliphatic carbocycles. The van der Waals surface area contributed by atoms with E-state index in [0.29, 0.717) is 19.4 Å². The Bertz CT molecular complexity index is 709. The molecule has 0 radical (unpaired) electrons. The van der Waals surface area contributed by atoms with Gasteiger partial charge in [-0.1, -0.05) is 25.0 Å². The summed E-state index contributed by atoms with van der Waals surface area (Å²) in [5.74, 6) is 0.281. The van der Waals surface area contributed by atoms with Crippen LogP contribution < -0.4 is 5.32 Å². The second kappa shape index (κ2) is 7.22. The minimum absolute atomic E-state index is 0.0720. The number of rotatable bonds is 4. The van der Waals surface area contributed by atoms with Gasteiger partial charge in [0, 0.05) is 37.1 Å². The van der Waals surface area contributed by atoms with E-state index >= 15 is 0 Å². The van der Waals surface area contributed by atoms with Crippen molar-refractivity contribution < 1.29 is 9.59 Å². The molecule has 2 fully saturated rings. The third kappa shape index (κ3) is 3.04. The summed E-state index contributed by atoms with van der Waals surface area (Å²) in [5, 5.41) is 3.13. The van der Waals surface area contributed by atoms with Crippen LogP contribution in [0.3, 0.4) is 0 Å². The molecule has 3 aliphatic rings. The van der Waals surface area contributed by atoms with Crippen LogP contribution in [0.1, 0.15) is 63.4 Å². The summed E-state index contributed by atoms with van der Waals surface area (Å²) in [6.45, 7) is 0.485. The average molecular weight is 353 g/mol. The molecule has 0 bridgehead atoms. The fraction of sp³-hybridized carbons (Fsp3) is 0.571. The van der Waals surface area contributed by atoms with Gasteiger partial charge in [-0.15, -0.1) is 0 Å². The minimum Gasteiger partial charge on any atom is -0.351 e. The zero-order chi connectivity index (χ0) is 18.0. The highest BCUT2D eigenvalue weighted by Gasteiger charge is 2.51. The van der Waals surface area contributed by atoms with E-state index in [2.05, 4.69) is 16.4 Å². The van der Waals surface area contributed by atoms with Crippen molar-refractivity contribution in [3.8, 4) is 0 Å². The first kappa shape index (κ1) is 17.3. The maximum absolute atomic E-state index is 13.3. The van der Waals surface area contributed by atoms with Crippen LogP contribution in [0.15, 0.2) is 36.3 Å². The van der Waals surface area contributed by atoms with Gasteiger partial charge in [-0.2, -0.15) is 0 Å². The zero-order valence-electron chi connectivity index (χ0n) is 15.2. The normalized spacial score (nSPS) is 26.4. The number of hydrogen-bond donors (Lipinski definition) is 1. The number of hydrogen-bond acceptors (Lipinski definition) is 3. The molecule has 2 amide bonds. The lowest BCUT2D eigenvalue weighted by Crippen LogP contribution is -2.55. The largest absolute Gasteiger partial charge is 0.351 e. The van der Waals surface area contributed by atoms with Crippen LogP contribution in [-0.4, -0.2) is 27.7 Å². The van der Waals surface area contributed by atoms with Crippen molar-refractivity contribution in [3.05, 3.63) is 41.9 Å². The number of aromatic nitrogens is 1. The van der Waals surface area contributed by atoms with Crippen LogP contribution in [0.25, 0.3) is 0 Å². The summed E-state index contributed by atoms with van der Waals surface area (Å²) in [6, 6.07) is 4.14. The van der Waals surface area contributed by atoms with Crippen molar-refractivity contribution in [2.75, 3.05) is 0 Å². The molecular formula is C21H27N3O2. The van der Waals surface area contributed by atoms with Gasteiger partial charge >= 0.3 is 0 Å². The molecule has 138 valence electrons. The Labute approximate surface area is 154 Å². The molecule has 1 unspecified atom stereocenters. The van der Waals surface area contributed by atoms with Crippen molar-refractivity contribution in [1.29, 1.82) is 0 Å². The second-order valence-electron chi connectivity index (χ2n) is 7.81. The molecule has 1 N–H and O–H groups in total. The smallest absolute Gasteiger partial charge is 0.232 e. The zero-order valence-corrected chi connectivity index (χ0v) is 15.2. The second-order valence-corrected chi connectivity index (χ2v) is 7.81. The molecule has 4 rings (SSSR count). The van der Waals surface area contributed by atoms with Crippen LogP contribution in [0.4, 0.5) is 0 Å². The topological polar surface area (TPSA) is 62.3 Å². The van der Waals surface area contributed by atoms with E-state index in [1.54, 1.807) is 12.4 Å². The number of carbonyl (C=O) groups excluding carboxylic acids is 2. The van der Waals surface area contributed by atoms with Crippen molar-refractivity contribution in [2.24, 2.45) is 5.41 Å². The van der Waals surface area contributed by atoms with Gasteiger partial charge in [-0.05, 0) is 50.2 Å². The Morgan fingerprint density at radius 3 is 2.88 bits per heavy atom. The van der Waals surface area contributed by atoms with Gasteiger partial charge in [0.25, 0.3) is 0 Å². The monoisotopic (exact) mass is 353 g/mol. The van der Waals surface area contributed by atoms with Crippen LogP contribution in [0.5, 0.6) is 0 Å². The van der Waals surface area contributed by atoms with E-state index in [-0.39, 0.29) is 17.9 Å². The number of nitrogens with one attached hydrogen (secondary N) is 1. The summed E-state index contributed by atoms with van der Waals surface area (Å²) in [7, 11) is 0. The molecule has 5 nitrogen and oxygen atoms in total. The third-order valence-corrected chi connectivity index (χ3v) is 6.23. The molecule has 1 saturated heterocycles. The van der Waals surface area contributed by atoms with Crippen molar-refractivity contribution in [1.82, 2.24) is 15.2 Å². The van der Waals surface area contributed by atoms with E-state index < -0.39 is 5.41 Å². The first-order valence-electron chi connectivity index (χ1n) is 9.91. The lowest BCUT2D eigenvalue weighted by molar-refractivity contribution is -0.142. The molecule has 1 atom stereocenters. The molecule has 1 saturated carbocycles. The van der Waals surface area contributed by atoms with Crippen molar-refractivity contribution >= 4 is 11.8 Å². The lowest BCUT2D eigenvalue weighted by atomic mass is 9.68. The number of fused-ring (bicyclic) bond motifs is 1. The average Bonchev–Trinajstić information content (AvgIpc) is 3.21. The standard InChI is InChI=1S/C21H27N3O2/c25-19-10-12-21(20(26)23-15-16-6-5-13-22-14-16)11-4-3-9-18(21)24(19)17-7-1-2-8-17/h5-6,9,13-14,17H,1-4,7-8,10-12,15H2,(H,23,26). The van der Waals surface area contributed by atoms with Gasteiger partial charge in [0.2, 0.25) is 11.8 Å². The summed E-state index contributed by atoms with van der Waals surface area (Å²) in [5.41, 5.74) is 1.46. The van der Waals surface area contributed by atoms with Crippen LogP contribution in [-0.2, 0) is 16.1 Å². The van der Waals surface area contributed by atoms with Crippen LogP contribution in [0.2, 0.25) is 0 Å². The number of likely N-dealkylation sites (tertiary alicyclic amines) is 1. The van der Waals surface area contributed by atoms with E-state index in [0.717, 1.165) is 43.4 Å². The van der Waals surface area contributed by atoms with Crippen molar-refractivity contribution in [2.45, 2.75) is 70.4 Å². The molecule has 0 spiro atoms. The van der Waals surface area contributed by atoms with E-state index in [1.165, 1.54) is 12.8 Å². The number of pyridine rings is 1. The van der Waals surface area contributed by atoms with Crippen LogP contribution >= 0.6 is 0 Å². The maximum Gasteiger partial charge on any atom is 0.232 e. The summed E-state index contributed by atoms with van der Waals surface area (Å²) < 4.78 is 0. The quantitative estimate of drug-likeness (QED) is 0.903. The molecule has 1 aromatic rings. The number of allylic oxidation sites excluding steroid dienone is 1. The molecule has 2 heterocycles. The molecule has 26 heavy (non-hydrogen) atoms. The predicted octanol–water partition coefficient (Wildman–Crippen LogP) is 3.32. The van der Waals surface area contributed by atoms with E-state index in [4.69, 9.17) is 0 Å². The Kier molecular flexibility index (Phi) is 4.79. The fourth-order valence-electron chi connectivity index (χ4n) is 4.88. The molecule has 0 aromatic carbocycles. The van der Waals surface area contributed by atoms with E-state index in [9.17, 15) is 9.59 Å². The highest BCUT2D eigenvalue weighted by Crippen LogP contribution is 2.49. The Morgan fingerprint density at radius 2 is 2.12 bits per heavy atom. The first-order chi connectivity index (χ1) is 12.7. The summed E-state index contributed by atoms with van der Waals surface area (Å²) >= 11 is 0. The lowest BCUT2D eigenvalue weighted by Gasteiger charge is -2.48. The van der Waals surface area contributed by atoms with Gasteiger partial charge in [-0.3, -0.25) is 14.6 Å². The van der Waals surface area contributed by atoms with Gasteiger partial charge in [0.05, 0.1) is 5.41 Å². The Hall–Kier alpha value is -2.17. The Balaban J connectivity index is 1.57. The Morgan fingerprint density at radius 1 is 1.27 bits per heavy atom. The van der Waals surface area contributed by atoms with Gasteiger partial charge in [0.1, 0.15) is 0 Å². The molecular weight excluding hydrogens is 326 g/mol. The SMILES string of the molecule is O=C1CCC2(C(=O)NCc3cccnc3)CCCC=C2N1C1CCCC1. The van der Waals surface area contributed by atoms with Gasteiger partial charge in [0.15, 0.2) is 0 Å². The third-order valence-electron chi connectivity index (χ3n) is 6.23. The molecule has 1 aliphatic heterocycles. The van der Waals surface area contributed by atoms with Crippen LogP contribution in [0, 0.1) is 5.41 Å².